The zero-order valence-corrected chi connectivity index (χ0v) is 17.8. The zero-order chi connectivity index (χ0) is 21.3. The number of hydrogen-bond acceptors (Lipinski definition) is 3. The van der Waals surface area contributed by atoms with Gasteiger partial charge < -0.3 is 5.32 Å². The molecule has 1 aliphatic heterocycles. The molecule has 1 atom stereocenters. The molecule has 30 heavy (non-hydrogen) atoms. The van der Waals surface area contributed by atoms with E-state index in [9.17, 15) is 18.4 Å². The number of nitrogens with one attached hydrogen (secondary N) is 1. The number of amides is 2. The lowest BCUT2D eigenvalue weighted by Crippen LogP contribution is -2.29. The van der Waals surface area contributed by atoms with E-state index >= 15 is 0 Å². The molecule has 8 heteroatoms. The fourth-order valence-electron chi connectivity index (χ4n) is 3.24. The van der Waals surface area contributed by atoms with Crippen LogP contribution in [0.4, 0.5) is 20.2 Å². The quantitative estimate of drug-likeness (QED) is 0.507. The first-order chi connectivity index (χ1) is 14.4. The summed E-state index contributed by atoms with van der Waals surface area (Å²) >= 11 is 4.66. The Morgan fingerprint density at radius 3 is 2.63 bits per heavy atom. The van der Waals surface area contributed by atoms with Crippen LogP contribution in [0.5, 0.6) is 0 Å². The van der Waals surface area contributed by atoms with E-state index in [1.807, 2.05) is 6.07 Å². The fraction of sp³-hybridized carbons (Fsp3) is 0.0909. The van der Waals surface area contributed by atoms with Crippen LogP contribution in [0.15, 0.2) is 71.2 Å². The minimum absolute atomic E-state index is 0.00418. The molecule has 0 aromatic heterocycles. The molecule has 0 bridgehead atoms. The van der Waals surface area contributed by atoms with Crippen molar-refractivity contribution in [1.29, 1.82) is 0 Å². The average molecular weight is 489 g/mol. The van der Waals surface area contributed by atoms with Crippen molar-refractivity contribution < 1.29 is 18.4 Å². The first kappa shape index (κ1) is 20.6. The largest absolute Gasteiger partial charge is 0.322 e. The molecule has 3 aromatic carbocycles. The summed E-state index contributed by atoms with van der Waals surface area (Å²) in [5.74, 6) is -1.98. The average Bonchev–Trinajstić information content (AvgIpc) is 3.09. The topological polar surface area (TPSA) is 49.4 Å². The van der Waals surface area contributed by atoms with Gasteiger partial charge in [0.25, 0.3) is 5.91 Å². The number of benzene rings is 3. The van der Waals surface area contributed by atoms with E-state index < -0.39 is 17.0 Å². The van der Waals surface area contributed by atoms with E-state index in [0.29, 0.717) is 16.8 Å². The molecular formula is C22H15BrF2N2O2S. The van der Waals surface area contributed by atoms with Crippen molar-refractivity contribution in [2.24, 2.45) is 0 Å². The van der Waals surface area contributed by atoms with Crippen LogP contribution in [-0.4, -0.2) is 17.6 Å². The lowest BCUT2D eigenvalue weighted by atomic mass is 10.1. The van der Waals surface area contributed by atoms with E-state index in [1.165, 1.54) is 22.7 Å². The van der Waals surface area contributed by atoms with Crippen LogP contribution in [0.1, 0.15) is 21.3 Å². The van der Waals surface area contributed by atoms with Crippen LogP contribution in [-0.2, 0) is 4.79 Å². The monoisotopic (exact) mass is 488 g/mol. The second kappa shape index (κ2) is 8.57. The van der Waals surface area contributed by atoms with Gasteiger partial charge in [-0.2, -0.15) is 0 Å². The van der Waals surface area contributed by atoms with Gasteiger partial charge in [-0.15, -0.1) is 11.8 Å². The molecule has 0 aliphatic carbocycles. The van der Waals surface area contributed by atoms with Crippen molar-refractivity contribution in [2.45, 2.75) is 5.37 Å². The maximum atomic E-state index is 14.4. The highest BCUT2D eigenvalue weighted by atomic mass is 79.9. The lowest BCUT2D eigenvalue weighted by Gasteiger charge is -2.26. The summed E-state index contributed by atoms with van der Waals surface area (Å²) in [7, 11) is 0. The van der Waals surface area contributed by atoms with Crippen molar-refractivity contribution in [3.05, 3.63) is 94.0 Å². The Morgan fingerprint density at radius 1 is 1.07 bits per heavy atom. The van der Waals surface area contributed by atoms with Gasteiger partial charge in [-0.25, -0.2) is 8.78 Å². The van der Waals surface area contributed by atoms with Crippen LogP contribution >= 0.6 is 27.7 Å². The fourth-order valence-corrected chi connectivity index (χ4v) is 4.85. The summed E-state index contributed by atoms with van der Waals surface area (Å²) < 4.78 is 28.5. The van der Waals surface area contributed by atoms with E-state index in [2.05, 4.69) is 21.2 Å². The number of rotatable bonds is 4. The number of halogens is 3. The second-order valence-corrected chi connectivity index (χ2v) is 8.56. The Hall–Kier alpha value is -2.71. The Labute approximate surface area is 184 Å². The van der Waals surface area contributed by atoms with Crippen LogP contribution in [0, 0.1) is 11.6 Å². The molecule has 1 fully saturated rings. The van der Waals surface area contributed by atoms with Gasteiger partial charge in [0.2, 0.25) is 5.91 Å². The number of hydrogen-bond donors (Lipinski definition) is 1. The van der Waals surface area contributed by atoms with Crippen molar-refractivity contribution in [3.63, 3.8) is 0 Å². The third-order valence-corrected chi connectivity index (χ3v) is 6.29. The van der Waals surface area contributed by atoms with Crippen molar-refractivity contribution in [1.82, 2.24) is 0 Å². The van der Waals surface area contributed by atoms with Crippen molar-refractivity contribution in [3.8, 4) is 0 Å². The molecule has 3 aromatic rings. The second-order valence-electron chi connectivity index (χ2n) is 6.57. The zero-order valence-electron chi connectivity index (χ0n) is 15.4. The standard InChI is InChI=1S/C22H15BrF2N2O2S/c23-14-5-3-4-13(10-14)21(29)26-18-7-2-1-6-16(18)22-27(20(28)12-30-22)19-9-8-15(24)11-17(19)25/h1-11,22H,12H2,(H,26,29). The minimum Gasteiger partial charge on any atom is -0.322 e. The minimum atomic E-state index is -0.813. The number of anilines is 2. The normalized spacial score (nSPS) is 16.0. The highest BCUT2D eigenvalue weighted by Gasteiger charge is 2.37. The van der Waals surface area contributed by atoms with Gasteiger partial charge in [-0.3, -0.25) is 14.5 Å². The summed E-state index contributed by atoms with van der Waals surface area (Å²) in [6, 6.07) is 17.2. The van der Waals surface area contributed by atoms with Gasteiger partial charge in [0.1, 0.15) is 17.0 Å². The Morgan fingerprint density at radius 2 is 1.87 bits per heavy atom. The van der Waals surface area contributed by atoms with Crippen molar-refractivity contribution >= 4 is 50.9 Å². The van der Waals surface area contributed by atoms with Gasteiger partial charge in [0, 0.05) is 27.4 Å². The van der Waals surface area contributed by atoms with Gasteiger partial charge in [-0.1, -0.05) is 40.2 Å². The van der Waals surface area contributed by atoms with Crippen LogP contribution < -0.4 is 10.2 Å². The number of para-hydroxylation sites is 1. The molecule has 0 radical (unpaired) electrons. The smallest absolute Gasteiger partial charge is 0.255 e. The number of nitrogens with zero attached hydrogens (tertiary/aromatic N) is 1. The summed E-state index contributed by atoms with van der Waals surface area (Å²) in [6.45, 7) is 0. The lowest BCUT2D eigenvalue weighted by molar-refractivity contribution is -0.115. The molecule has 0 spiro atoms. The molecule has 4 rings (SSSR count). The van der Waals surface area contributed by atoms with E-state index in [4.69, 9.17) is 0 Å². The molecule has 2 amide bonds. The molecule has 152 valence electrons. The van der Waals surface area contributed by atoms with Gasteiger partial charge in [0.15, 0.2) is 0 Å². The molecule has 1 aliphatic rings. The van der Waals surface area contributed by atoms with Gasteiger partial charge in [-0.05, 0) is 36.4 Å². The van der Waals surface area contributed by atoms with Crippen LogP contribution in [0.3, 0.4) is 0 Å². The maximum absolute atomic E-state index is 14.4. The first-order valence-corrected chi connectivity index (χ1v) is 10.8. The van der Waals surface area contributed by atoms with Gasteiger partial charge in [0.05, 0.1) is 11.4 Å². The van der Waals surface area contributed by atoms with E-state index in [0.717, 1.165) is 16.6 Å². The highest BCUT2D eigenvalue weighted by Crippen LogP contribution is 2.44. The van der Waals surface area contributed by atoms with Crippen LogP contribution in [0.25, 0.3) is 0 Å². The molecule has 1 heterocycles. The Kier molecular flexibility index (Phi) is 5.87. The third kappa shape index (κ3) is 4.11. The summed E-state index contributed by atoms with van der Waals surface area (Å²) in [5.41, 5.74) is 1.64. The molecule has 1 saturated heterocycles. The molecule has 1 N–H and O–H groups in total. The molecule has 4 nitrogen and oxygen atoms in total. The van der Waals surface area contributed by atoms with Gasteiger partial charge >= 0.3 is 0 Å². The number of thioether (sulfide) groups is 1. The molecule has 0 saturated carbocycles. The maximum Gasteiger partial charge on any atom is 0.255 e. The Bertz CT molecular complexity index is 1140. The summed E-state index contributed by atoms with van der Waals surface area (Å²) in [6.07, 6.45) is 0. The number of carbonyl (C=O) groups excluding carboxylic acids is 2. The van der Waals surface area contributed by atoms with Crippen molar-refractivity contribution in [2.75, 3.05) is 16.0 Å². The predicted octanol–water partition coefficient (Wildman–Crippen LogP) is 5.76. The van der Waals surface area contributed by atoms with E-state index in [-0.39, 0.29) is 23.3 Å². The third-order valence-electron chi connectivity index (χ3n) is 4.60. The number of carbonyl (C=O) groups is 2. The van der Waals surface area contributed by atoms with Crippen LogP contribution in [0.2, 0.25) is 0 Å². The molecule has 1 unspecified atom stereocenters. The Balaban J connectivity index is 1.68. The summed E-state index contributed by atoms with van der Waals surface area (Å²) in [4.78, 5) is 26.6. The SMILES string of the molecule is O=C(Nc1ccccc1C1SCC(=O)N1c1ccc(F)cc1F)c1cccc(Br)c1. The molecular weight excluding hydrogens is 474 g/mol. The first-order valence-electron chi connectivity index (χ1n) is 8.98. The predicted molar refractivity (Wildman–Crippen MR) is 118 cm³/mol. The van der Waals surface area contributed by atoms with E-state index in [1.54, 1.807) is 42.5 Å². The summed E-state index contributed by atoms with van der Waals surface area (Å²) in [5, 5.41) is 2.32. The highest BCUT2D eigenvalue weighted by molar-refractivity contribution is 9.10.